The van der Waals surface area contributed by atoms with Crippen LogP contribution in [-0.4, -0.2) is 24.5 Å². The summed E-state index contributed by atoms with van der Waals surface area (Å²) in [6.07, 6.45) is 11.3. The molecular formula is C23H18FN2O2S-. The lowest BCUT2D eigenvalue weighted by Gasteiger charge is -2.24. The number of benzene rings is 2. The lowest BCUT2D eigenvalue weighted by atomic mass is 9.84. The fourth-order valence-corrected chi connectivity index (χ4v) is 5.17. The highest BCUT2D eigenvalue weighted by molar-refractivity contribution is 7.79. The van der Waals surface area contributed by atoms with Crippen LogP contribution in [0.1, 0.15) is 17.5 Å². The molecule has 0 N–H and O–H groups in total. The number of rotatable bonds is 3. The molecule has 0 radical (unpaired) electrons. The highest BCUT2D eigenvalue weighted by Gasteiger charge is 2.19. The van der Waals surface area contributed by atoms with E-state index in [4.69, 9.17) is 0 Å². The molecule has 0 spiro atoms. The van der Waals surface area contributed by atoms with Crippen molar-refractivity contribution in [3.63, 3.8) is 0 Å². The van der Waals surface area contributed by atoms with Crippen LogP contribution in [0.2, 0.25) is 0 Å². The molecule has 2 aliphatic rings. The molecule has 0 saturated carbocycles. The van der Waals surface area contributed by atoms with Gasteiger partial charge in [-0.05, 0) is 69.3 Å². The molecule has 2 unspecified atom stereocenters. The maximum atomic E-state index is 14.5. The molecule has 4 nitrogen and oxygen atoms in total. The molecule has 5 rings (SSSR count). The van der Waals surface area contributed by atoms with Crippen molar-refractivity contribution in [1.82, 2.24) is 9.97 Å². The largest absolute Gasteiger partial charge is 0.772 e. The fraction of sp³-hybridized carbons (Fsp3) is 0.217. The molecule has 2 aliphatic carbocycles. The monoisotopic (exact) mass is 405 g/mol. The van der Waals surface area contributed by atoms with Gasteiger partial charge in [-0.15, -0.1) is 0 Å². The zero-order valence-corrected chi connectivity index (χ0v) is 16.4. The van der Waals surface area contributed by atoms with E-state index in [9.17, 15) is 13.2 Å². The Hall–Kier alpha value is -2.70. The normalized spacial score (nSPS) is 17.9. The van der Waals surface area contributed by atoms with E-state index in [1.807, 2.05) is 0 Å². The van der Waals surface area contributed by atoms with E-state index in [2.05, 4.69) is 34.3 Å². The van der Waals surface area contributed by atoms with Crippen LogP contribution in [-0.2, 0) is 23.9 Å². The third-order valence-electron chi connectivity index (χ3n) is 5.79. The summed E-state index contributed by atoms with van der Waals surface area (Å²) < 4.78 is 36.9. The smallest absolute Gasteiger partial charge is 0.124 e. The van der Waals surface area contributed by atoms with Crippen molar-refractivity contribution in [3.8, 4) is 11.3 Å². The second-order valence-electron chi connectivity index (χ2n) is 7.55. The molecule has 0 bridgehead atoms. The highest BCUT2D eigenvalue weighted by Crippen LogP contribution is 2.23. The average Bonchev–Trinajstić information content (AvgIpc) is 2.73. The minimum Gasteiger partial charge on any atom is -0.772 e. The van der Waals surface area contributed by atoms with Crippen molar-refractivity contribution in [2.75, 3.05) is 5.75 Å². The average molecular weight is 405 g/mol. The summed E-state index contributed by atoms with van der Waals surface area (Å²) >= 11 is -2.05. The Morgan fingerprint density at radius 3 is 2.83 bits per heavy atom. The Morgan fingerprint density at radius 1 is 1.14 bits per heavy atom. The van der Waals surface area contributed by atoms with Crippen LogP contribution in [0.3, 0.4) is 0 Å². The third kappa shape index (κ3) is 3.32. The lowest BCUT2D eigenvalue weighted by Crippen LogP contribution is -2.26. The number of hydrogen-bond acceptors (Lipinski definition) is 4. The van der Waals surface area contributed by atoms with Crippen molar-refractivity contribution in [3.05, 3.63) is 80.7 Å². The number of nitrogens with zero attached hydrogens (tertiary/aromatic N) is 2. The fourth-order valence-electron chi connectivity index (χ4n) is 4.53. The summed E-state index contributed by atoms with van der Waals surface area (Å²) in [7, 11) is 0. The first-order valence-electron chi connectivity index (χ1n) is 9.57. The van der Waals surface area contributed by atoms with E-state index >= 15 is 0 Å². The van der Waals surface area contributed by atoms with E-state index in [1.54, 1.807) is 24.7 Å². The summed E-state index contributed by atoms with van der Waals surface area (Å²) in [4.78, 5) is 8.47. The van der Waals surface area contributed by atoms with Gasteiger partial charge in [0.05, 0.1) is 11.9 Å². The van der Waals surface area contributed by atoms with Crippen LogP contribution >= 0.6 is 0 Å². The minimum atomic E-state index is -2.05. The van der Waals surface area contributed by atoms with Crippen molar-refractivity contribution in [2.24, 2.45) is 5.92 Å². The van der Waals surface area contributed by atoms with Crippen LogP contribution in [0.15, 0.2) is 42.9 Å². The van der Waals surface area contributed by atoms with Gasteiger partial charge >= 0.3 is 0 Å². The number of halogens is 1. The molecule has 146 valence electrons. The van der Waals surface area contributed by atoms with E-state index in [-0.39, 0.29) is 17.5 Å². The maximum absolute atomic E-state index is 14.5. The van der Waals surface area contributed by atoms with Gasteiger partial charge < -0.3 is 4.55 Å². The summed E-state index contributed by atoms with van der Waals surface area (Å²) in [5.74, 6) is -0.0447. The van der Waals surface area contributed by atoms with E-state index in [1.165, 1.54) is 22.4 Å². The Balaban J connectivity index is 1.77. The SMILES string of the molecule is O=S([O-])CC1CC=c2ccc3c(c2C1)CC=c1c(-c2cnccn2)cc(F)cc1=3. The summed E-state index contributed by atoms with van der Waals surface area (Å²) in [6.45, 7) is 0. The van der Waals surface area contributed by atoms with Gasteiger partial charge in [0.25, 0.3) is 0 Å². The summed E-state index contributed by atoms with van der Waals surface area (Å²) in [6, 6.07) is 7.21. The van der Waals surface area contributed by atoms with Crippen LogP contribution in [0.5, 0.6) is 0 Å². The molecule has 1 heterocycles. The van der Waals surface area contributed by atoms with Gasteiger partial charge in [-0.2, -0.15) is 0 Å². The van der Waals surface area contributed by atoms with Gasteiger partial charge in [-0.3, -0.25) is 14.2 Å². The first-order valence-corrected chi connectivity index (χ1v) is 10.8. The molecular weight excluding hydrogens is 387 g/mol. The molecule has 0 aliphatic heterocycles. The highest BCUT2D eigenvalue weighted by atomic mass is 32.2. The standard InChI is InChI=1S/C23H19FN2O2S/c24-16-10-21-18-4-3-15-2-1-14(13-29(27)28)9-20(15)17(18)5-6-19(21)22(11-16)23-12-25-7-8-26-23/h2-4,6-8,10-12,14H,1,5,9,13H2,(H,27,28)/p-1. The summed E-state index contributed by atoms with van der Waals surface area (Å²) in [5.41, 5.74) is 3.75. The molecule has 0 amide bonds. The Kier molecular flexibility index (Phi) is 4.60. The van der Waals surface area contributed by atoms with Crippen molar-refractivity contribution in [1.29, 1.82) is 0 Å². The number of aromatic nitrogens is 2. The van der Waals surface area contributed by atoms with Gasteiger partial charge in [-0.1, -0.05) is 35.4 Å². The topological polar surface area (TPSA) is 65.9 Å². The maximum Gasteiger partial charge on any atom is 0.124 e. The van der Waals surface area contributed by atoms with E-state index in [0.29, 0.717) is 5.69 Å². The lowest BCUT2D eigenvalue weighted by molar-refractivity contribution is 0.509. The molecule has 0 fully saturated rings. The first kappa shape index (κ1) is 18.3. The predicted octanol–water partition coefficient (Wildman–Crippen LogP) is 2.13. The molecule has 6 heteroatoms. The van der Waals surface area contributed by atoms with Crippen molar-refractivity contribution in [2.45, 2.75) is 19.3 Å². The van der Waals surface area contributed by atoms with Crippen LogP contribution < -0.4 is 10.4 Å². The Bertz CT molecular complexity index is 1360. The van der Waals surface area contributed by atoms with Gasteiger partial charge in [0, 0.05) is 23.7 Å². The van der Waals surface area contributed by atoms with Gasteiger partial charge in [0.1, 0.15) is 5.82 Å². The zero-order chi connectivity index (χ0) is 20.0. The van der Waals surface area contributed by atoms with Crippen LogP contribution in [0, 0.1) is 22.2 Å². The number of hydrogen-bond donors (Lipinski definition) is 0. The third-order valence-corrected chi connectivity index (χ3v) is 6.53. The Labute approximate surface area is 169 Å². The summed E-state index contributed by atoms with van der Waals surface area (Å²) in [5, 5.41) is 4.00. The number of fused-ring (bicyclic) bond motifs is 4. The molecule has 2 atom stereocenters. The molecule has 3 aromatic rings. The van der Waals surface area contributed by atoms with Crippen molar-refractivity contribution < 1.29 is 13.2 Å². The second kappa shape index (κ2) is 7.28. The predicted molar refractivity (Wildman–Crippen MR) is 109 cm³/mol. The van der Waals surface area contributed by atoms with Crippen LogP contribution in [0.25, 0.3) is 23.4 Å². The van der Waals surface area contributed by atoms with Crippen LogP contribution in [0.4, 0.5) is 4.39 Å². The van der Waals surface area contributed by atoms with Gasteiger partial charge in [0.15, 0.2) is 0 Å². The van der Waals surface area contributed by atoms with Gasteiger partial charge in [0.2, 0.25) is 0 Å². The van der Waals surface area contributed by atoms with E-state index in [0.717, 1.165) is 40.5 Å². The zero-order valence-electron chi connectivity index (χ0n) is 15.6. The molecule has 1 aromatic heterocycles. The Morgan fingerprint density at radius 2 is 2.03 bits per heavy atom. The van der Waals surface area contributed by atoms with Gasteiger partial charge in [-0.25, -0.2) is 4.39 Å². The molecule has 0 saturated heterocycles. The first-order chi connectivity index (χ1) is 14.1. The molecule has 29 heavy (non-hydrogen) atoms. The second-order valence-corrected chi connectivity index (χ2v) is 8.49. The van der Waals surface area contributed by atoms with E-state index < -0.39 is 11.1 Å². The quantitative estimate of drug-likeness (QED) is 0.626. The minimum absolute atomic E-state index is 0.0939. The van der Waals surface area contributed by atoms with Crippen molar-refractivity contribution >= 4 is 23.2 Å². The molecule has 2 aromatic carbocycles.